The molecule has 0 spiro atoms. The third-order valence-corrected chi connectivity index (χ3v) is 3.08. The van der Waals surface area contributed by atoms with Gasteiger partial charge in [-0.1, -0.05) is 6.07 Å². The zero-order valence-electron chi connectivity index (χ0n) is 10.9. The van der Waals surface area contributed by atoms with Crippen LogP contribution in [0.4, 0.5) is 0 Å². The summed E-state index contributed by atoms with van der Waals surface area (Å²) in [6.07, 6.45) is -0.502. The molecule has 8 nitrogen and oxygen atoms in total. The molecule has 9 heteroatoms. The summed E-state index contributed by atoms with van der Waals surface area (Å²) in [7, 11) is -1.10. The molecular weight excluding hydrogens is 279 g/mol. The molecule has 1 atom stereocenters. The Morgan fingerprint density at radius 2 is 2.14 bits per heavy atom. The average Bonchev–Trinajstić information content (AvgIpc) is 2.78. The van der Waals surface area contributed by atoms with E-state index in [0.717, 1.165) is 5.56 Å². The van der Waals surface area contributed by atoms with Gasteiger partial charge in [-0.2, -0.15) is 0 Å². The Morgan fingerprint density at radius 1 is 1.43 bits per heavy atom. The lowest BCUT2D eigenvalue weighted by Gasteiger charge is -2.13. The Kier molecular flexibility index (Phi) is 4.25. The Morgan fingerprint density at radius 3 is 2.76 bits per heavy atom. The molecule has 0 unspecified atom stereocenters. The second kappa shape index (κ2) is 5.94. The molecule has 2 rings (SSSR count). The molecule has 1 aromatic carbocycles. The molecule has 1 heterocycles. The van der Waals surface area contributed by atoms with Gasteiger partial charge in [0, 0.05) is 5.56 Å². The Bertz CT molecular complexity index is 605. The highest BCUT2D eigenvalue weighted by atomic mass is 16.5. The van der Waals surface area contributed by atoms with E-state index in [1.54, 1.807) is 6.07 Å². The maximum atomic E-state index is 12.0. The van der Waals surface area contributed by atoms with Gasteiger partial charge in [0.2, 0.25) is 5.91 Å². The maximum Gasteiger partial charge on any atom is 0.491 e. The van der Waals surface area contributed by atoms with Crippen molar-refractivity contribution in [3.8, 4) is 0 Å². The van der Waals surface area contributed by atoms with Gasteiger partial charge in [0.25, 0.3) is 5.91 Å². The summed E-state index contributed by atoms with van der Waals surface area (Å²) >= 11 is 0. The first-order valence-electron chi connectivity index (χ1n) is 6.13. The van der Waals surface area contributed by atoms with E-state index < -0.39 is 37.4 Å². The molecular formula is C12H13BN2O6. The number of carboxylic acids is 1. The third-order valence-electron chi connectivity index (χ3n) is 3.08. The van der Waals surface area contributed by atoms with Gasteiger partial charge < -0.3 is 25.8 Å². The van der Waals surface area contributed by atoms with E-state index in [-0.39, 0.29) is 12.2 Å². The second-order valence-electron chi connectivity index (χ2n) is 4.61. The Labute approximate surface area is 120 Å². The van der Waals surface area contributed by atoms with Gasteiger partial charge in [-0.3, -0.25) is 9.59 Å². The van der Waals surface area contributed by atoms with E-state index >= 15 is 0 Å². The van der Waals surface area contributed by atoms with Crippen LogP contribution >= 0.6 is 0 Å². The molecule has 1 aliphatic rings. The number of primary amides is 1. The molecule has 0 fully saturated rings. The quantitative estimate of drug-likeness (QED) is 0.461. The summed E-state index contributed by atoms with van der Waals surface area (Å²) in [4.78, 5) is 33.7. The third kappa shape index (κ3) is 3.39. The van der Waals surface area contributed by atoms with Gasteiger partial charge >= 0.3 is 13.1 Å². The summed E-state index contributed by atoms with van der Waals surface area (Å²) < 4.78 is 5.00. The summed E-state index contributed by atoms with van der Waals surface area (Å²) in [6.45, 7) is 0.248. The van der Waals surface area contributed by atoms with Crippen molar-refractivity contribution < 1.29 is 29.2 Å². The molecule has 1 aromatic rings. The van der Waals surface area contributed by atoms with E-state index in [1.165, 1.54) is 12.1 Å². The van der Waals surface area contributed by atoms with Crippen LogP contribution in [0.1, 0.15) is 22.3 Å². The normalized spacial score (nSPS) is 14.4. The van der Waals surface area contributed by atoms with E-state index in [1.807, 2.05) is 0 Å². The van der Waals surface area contributed by atoms with Crippen LogP contribution in [0, 0.1) is 0 Å². The van der Waals surface area contributed by atoms with E-state index in [2.05, 4.69) is 5.32 Å². The first kappa shape index (κ1) is 15.0. The number of fused-ring (bicyclic) bond motifs is 1. The van der Waals surface area contributed by atoms with Crippen molar-refractivity contribution in [2.24, 2.45) is 5.73 Å². The number of nitrogens with one attached hydrogen (secondary N) is 1. The van der Waals surface area contributed by atoms with Crippen LogP contribution < -0.4 is 16.5 Å². The predicted octanol–water partition coefficient (Wildman–Crippen LogP) is -2.04. The standard InChI is InChI=1S/C12H13BN2O6/c14-10(16)4-9(12(18)19)15-11(17)6-1-2-7-5-21-13(20)8(7)3-6/h1-3,9,20H,4-5H2,(H2,14,16)(H,15,17)(H,18,19)/t9-/m0/s1. The Hall–Kier alpha value is -2.39. The summed E-state index contributed by atoms with van der Waals surface area (Å²) in [5, 5.41) is 20.7. The first-order valence-corrected chi connectivity index (χ1v) is 6.13. The lowest BCUT2D eigenvalue weighted by Crippen LogP contribution is -2.43. The molecule has 0 aromatic heterocycles. The molecule has 0 radical (unpaired) electrons. The number of aliphatic carboxylic acids is 1. The van der Waals surface area contributed by atoms with Crippen molar-refractivity contribution >= 4 is 30.4 Å². The number of carbonyl (C=O) groups is 3. The monoisotopic (exact) mass is 292 g/mol. The fraction of sp³-hybridized carbons (Fsp3) is 0.250. The van der Waals surface area contributed by atoms with E-state index in [0.29, 0.717) is 5.46 Å². The molecule has 5 N–H and O–H groups in total. The highest BCUT2D eigenvalue weighted by Gasteiger charge is 2.29. The number of nitrogens with two attached hydrogens (primary N) is 1. The Balaban J connectivity index is 2.14. The van der Waals surface area contributed by atoms with Crippen molar-refractivity contribution in [1.82, 2.24) is 5.32 Å². The fourth-order valence-corrected chi connectivity index (χ4v) is 2.00. The SMILES string of the molecule is NC(=O)C[C@H](NC(=O)c1ccc2c(c1)B(O)OC2)C(=O)O. The molecule has 1 aliphatic heterocycles. The maximum absolute atomic E-state index is 12.0. The van der Waals surface area contributed by atoms with E-state index in [4.69, 9.17) is 15.5 Å². The number of carbonyl (C=O) groups excluding carboxylic acids is 2. The van der Waals surface area contributed by atoms with Gasteiger partial charge in [-0.05, 0) is 23.2 Å². The lowest BCUT2D eigenvalue weighted by atomic mass is 9.79. The van der Waals surface area contributed by atoms with Gasteiger partial charge in [-0.25, -0.2) is 4.79 Å². The van der Waals surface area contributed by atoms with E-state index in [9.17, 15) is 19.4 Å². The zero-order valence-corrected chi connectivity index (χ0v) is 10.9. The zero-order chi connectivity index (χ0) is 15.6. The number of benzene rings is 1. The van der Waals surface area contributed by atoms with Gasteiger partial charge in [-0.15, -0.1) is 0 Å². The predicted molar refractivity (Wildman–Crippen MR) is 71.5 cm³/mol. The summed E-state index contributed by atoms with van der Waals surface area (Å²) in [6, 6.07) is 3.12. The van der Waals surface area contributed by atoms with Crippen molar-refractivity contribution in [2.75, 3.05) is 0 Å². The van der Waals surface area contributed by atoms with Gasteiger partial charge in [0.15, 0.2) is 0 Å². The first-order chi connectivity index (χ1) is 9.88. The van der Waals surface area contributed by atoms with Gasteiger partial charge in [0.1, 0.15) is 6.04 Å². The van der Waals surface area contributed by atoms with Crippen LogP contribution in [-0.4, -0.2) is 41.1 Å². The second-order valence-corrected chi connectivity index (χ2v) is 4.61. The van der Waals surface area contributed by atoms with Crippen LogP contribution in [0.2, 0.25) is 0 Å². The van der Waals surface area contributed by atoms with Crippen LogP contribution in [-0.2, 0) is 20.9 Å². The average molecular weight is 292 g/mol. The highest BCUT2D eigenvalue weighted by molar-refractivity contribution is 6.61. The van der Waals surface area contributed by atoms with Crippen molar-refractivity contribution in [3.05, 3.63) is 29.3 Å². The lowest BCUT2D eigenvalue weighted by molar-refractivity contribution is -0.140. The van der Waals surface area contributed by atoms with Crippen molar-refractivity contribution in [2.45, 2.75) is 19.1 Å². The molecule has 0 aliphatic carbocycles. The molecule has 0 saturated heterocycles. The van der Waals surface area contributed by atoms with Crippen molar-refractivity contribution in [3.63, 3.8) is 0 Å². The number of hydrogen-bond donors (Lipinski definition) is 4. The minimum Gasteiger partial charge on any atom is -0.480 e. The molecule has 0 saturated carbocycles. The smallest absolute Gasteiger partial charge is 0.480 e. The number of hydrogen-bond acceptors (Lipinski definition) is 5. The highest BCUT2D eigenvalue weighted by Crippen LogP contribution is 2.11. The van der Waals surface area contributed by atoms with Crippen LogP contribution in [0.25, 0.3) is 0 Å². The molecule has 21 heavy (non-hydrogen) atoms. The summed E-state index contributed by atoms with van der Waals surface area (Å²) in [5.74, 6) is -2.86. The minimum absolute atomic E-state index is 0.161. The largest absolute Gasteiger partial charge is 0.491 e. The van der Waals surface area contributed by atoms with Gasteiger partial charge in [0.05, 0.1) is 13.0 Å². The molecule has 2 amide bonds. The number of carboxylic acid groups (broad SMARTS) is 1. The van der Waals surface area contributed by atoms with Crippen molar-refractivity contribution in [1.29, 1.82) is 0 Å². The topological polar surface area (TPSA) is 139 Å². The molecule has 0 bridgehead atoms. The number of rotatable bonds is 5. The van der Waals surface area contributed by atoms with Crippen LogP contribution in [0.3, 0.4) is 0 Å². The minimum atomic E-state index is -1.40. The van der Waals surface area contributed by atoms with Crippen LogP contribution in [0.5, 0.6) is 0 Å². The van der Waals surface area contributed by atoms with Crippen LogP contribution in [0.15, 0.2) is 18.2 Å². The fourth-order valence-electron chi connectivity index (χ4n) is 2.00. The number of amides is 2. The molecule has 110 valence electrons. The summed E-state index contributed by atoms with van der Waals surface area (Å²) in [5.41, 5.74) is 6.31.